The zero-order valence-corrected chi connectivity index (χ0v) is 11.2. The van der Waals surface area contributed by atoms with Crippen molar-refractivity contribution in [2.45, 2.75) is 6.92 Å². The van der Waals surface area contributed by atoms with E-state index in [-0.39, 0.29) is 0 Å². The Morgan fingerprint density at radius 1 is 0.900 bits per heavy atom. The van der Waals surface area contributed by atoms with Crippen LogP contribution in [-0.2, 0) is 0 Å². The number of hydrogen-bond acceptors (Lipinski definition) is 1. The first-order valence-corrected chi connectivity index (χ1v) is 6.75. The molecular formula is C18H14N2. The fourth-order valence-electron chi connectivity index (χ4n) is 2.84. The zero-order chi connectivity index (χ0) is 13.5. The van der Waals surface area contributed by atoms with Gasteiger partial charge in [0.1, 0.15) is 0 Å². The molecule has 2 heterocycles. The molecule has 0 atom stereocenters. The van der Waals surface area contributed by atoms with Gasteiger partial charge >= 0.3 is 0 Å². The highest BCUT2D eigenvalue weighted by Crippen LogP contribution is 2.32. The van der Waals surface area contributed by atoms with E-state index in [1.807, 2.05) is 6.20 Å². The summed E-state index contributed by atoms with van der Waals surface area (Å²) in [6, 6.07) is 16.8. The van der Waals surface area contributed by atoms with Gasteiger partial charge in [-0.1, -0.05) is 42.5 Å². The highest BCUT2D eigenvalue weighted by atomic mass is 14.7. The summed E-state index contributed by atoms with van der Waals surface area (Å²) >= 11 is 0. The molecular weight excluding hydrogens is 244 g/mol. The van der Waals surface area contributed by atoms with Crippen LogP contribution in [0, 0.1) is 6.92 Å². The zero-order valence-electron chi connectivity index (χ0n) is 11.2. The Morgan fingerprint density at radius 3 is 2.70 bits per heavy atom. The van der Waals surface area contributed by atoms with Crippen molar-refractivity contribution in [1.29, 1.82) is 0 Å². The van der Waals surface area contributed by atoms with Crippen LogP contribution in [0.3, 0.4) is 0 Å². The minimum absolute atomic E-state index is 1.04. The number of nitrogens with zero attached hydrogens (tertiary/aromatic N) is 1. The number of hydrogen-bond donors (Lipinski definition) is 1. The van der Waals surface area contributed by atoms with Crippen LogP contribution in [0.25, 0.3) is 32.9 Å². The third-order valence-electron chi connectivity index (χ3n) is 3.85. The largest absolute Gasteiger partial charge is 0.360 e. The van der Waals surface area contributed by atoms with Gasteiger partial charge < -0.3 is 4.98 Å². The van der Waals surface area contributed by atoms with Crippen LogP contribution in [0.1, 0.15) is 5.56 Å². The van der Waals surface area contributed by atoms with E-state index in [2.05, 4.69) is 71.6 Å². The Kier molecular flexibility index (Phi) is 2.36. The second-order valence-electron chi connectivity index (χ2n) is 5.08. The molecule has 0 amide bonds. The molecule has 4 aromatic rings. The smallest absolute Gasteiger partial charge is 0.0801 e. The van der Waals surface area contributed by atoms with Crippen LogP contribution in [0.2, 0.25) is 0 Å². The van der Waals surface area contributed by atoms with Crippen LogP contribution in [0.5, 0.6) is 0 Å². The summed E-state index contributed by atoms with van der Waals surface area (Å²) in [6.45, 7) is 2.12. The van der Waals surface area contributed by atoms with Crippen molar-refractivity contribution in [3.63, 3.8) is 0 Å². The van der Waals surface area contributed by atoms with Crippen molar-refractivity contribution in [2.24, 2.45) is 0 Å². The number of nitrogens with one attached hydrogen (secondary N) is 1. The topological polar surface area (TPSA) is 28.7 Å². The molecule has 2 heteroatoms. The minimum atomic E-state index is 1.04. The molecule has 2 nitrogen and oxygen atoms in total. The van der Waals surface area contributed by atoms with E-state index in [0.717, 1.165) is 5.69 Å². The number of para-hydroxylation sites is 1. The first-order valence-electron chi connectivity index (χ1n) is 6.75. The lowest BCUT2D eigenvalue weighted by Crippen LogP contribution is -1.84. The van der Waals surface area contributed by atoms with Crippen LogP contribution in [0.4, 0.5) is 0 Å². The summed E-state index contributed by atoms with van der Waals surface area (Å²) in [5.74, 6) is 0. The predicted octanol–water partition coefficient (Wildman–Crippen LogP) is 4.69. The van der Waals surface area contributed by atoms with E-state index in [0.29, 0.717) is 0 Å². The fourth-order valence-corrected chi connectivity index (χ4v) is 2.84. The molecule has 0 spiro atoms. The molecule has 0 radical (unpaired) electrons. The normalized spacial score (nSPS) is 11.2. The quantitative estimate of drug-likeness (QED) is 0.527. The summed E-state index contributed by atoms with van der Waals surface area (Å²) < 4.78 is 0. The van der Waals surface area contributed by atoms with E-state index >= 15 is 0 Å². The lowest BCUT2D eigenvalue weighted by Gasteiger charge is -2.04. The van der Waals surface area contributed by atoms with E-state index < -0.39 is 0 Å². The number of H-pyrrole nitrogens is 1. The monoisotopic (exact) mass is 258 g/mol. The molecule has 0 fully saturated rings. The number of aromatic amines is 1. The van der Waals surface area contributed by atoms with Gasteiger partial charge in [-0.05, 0) is 23.9 Å². The van der Waals surface area contributed by atoms with E-state index in [4.69, 9.17) is 0 Å². The van der Waals surface area contributed by atoms with E-state index in [9.17, 15) is 0 Å². The lowest BCUT2D eigenvalue weighted by atomic mass is 10.0. The van der Waals surface area contributed by atoms with Gasteiger partial charge in [0.25, 0.3) is 0 Å². The summed E-state index contributed by atoms with van der Waals surface area (Å²) in [5, 5.41) is 3.64. The second-order valence-corrected chi connectivity index (χ2v) is 5.08. The Balaban J connectivity index is 2.09. The van der Waals surface area contributed by atoms with Crippen molar-refractivity contribution in [3.05, 3.63) is 66.5 Å². The Morgan fingerprint density at radius 2 is 1.75 bits per heavy atom. The van der Waals surface area contributed by atoms with Gasteiger partial charge in [-0.25, -0.2) is 0 Å². The molecule has 0 bridgehead atoms. The summed E-state index contributed by atoms with van der Waals surface area (Å²) in [6.07, 6.45) is 3.94. The highest BCUT2D eigenvalue weighted by molar-refractivity contribution is 6.03. The van der Waals surface area contributed by atoms with Crippen molar-refractivity contribution < 1.29 is 0 Å². The molecule has 2 aromatic carbocycles. The average molecular weight is 258 g/mol. The third kappa shape index (κ3) is 1.55. The Labute approximate surface area is 117 Å². The van der Waals surface area contributed by atoms with Crippen LogP contribution in [0.15, 0.2) is 60.9 Å². The Hall–Kier alpha value is -2.61. The minimum Gasteiger partial charge on any atom is -0.360 e. The van der Waals surface area contributed by atoms with Crippen molar-refractivity contribution in [3.8, 4) is 11.3 Å². The first-order chi connectivity index (χ1) is 9.84. The third-order valence-corrected chi connectivity index (χ3v) is 3.85. The lowest BCUT2D eigenvalue weighted by molar-refractivity contribution is 1.36. The number of fused-ring (bicyclic) bond motifs is 2. The maximum atomic E-state index is 4.61. The van der Waals surface area contributed by atoms with Crippen LogP contribution in [-0.4, -0.2) is 9.97 Å². The molecule has 0 saturated carbocycles. The number of aromatic nitrogens is 2. The van der Waals surface area contributed by atoms with Gasteiger partial charge in [0.2, 0.25) is 0 Å². The highest BCUT2D eigenvalue weighted by Gasteiger charge is 2.11. The number of pyridine rings is 1. The number of aryl methyl sites for hydroxylation is 1. The van der Waals surface area contributed by atoms with Gasteiger partial charge in [-0.2, -0.15) is 0 Å². The summed E-state index contributed by atoms with van der Waals surface area (Å²) in [7, 11) is 0. The Bertz CT molecular complexity index is 914. The van der Waals surface area contributed by atoms with E-state index in [1.165, 1.54) is 32.8 Å². The molecule has 4 rings (SSSR count). The second kappa shape index (κ2) is 4.20. The molecule has 1 N–H and O–H groups in total. The summed E-state index contributed by atoms with van der Waals surface area (Å²) in [4.78, 5) is 7.99. The van der Waals surface area contributed by atoms with Crippen molar-refractivity contribution in [1.82, 2.24) is 9.97 Å². The van der Waals surface area contributed by atoms with Crippen molar-refractivity contribution in [2.75, 3.05) is 0 Å². The molecule has 0 unspecified atom stereocenters. The maximum Gasteiger partial charge on any atom is 0.0801 e. The van der Waals surface area contributed by atoms with Gasteiger partial charge in [0, 0.05) is 34.2 Å². The van der Waals surface area contributed by atoms with Gasteiger partial charge in [-0.15, -0.1) is 0 Å². The predicted molar refractivity (Wildman–Crippen MR) is 83.8 cm³/mol. The van der Waals surface area contributed by atoms with Gasteiger partial charge in [-0.3, -0.25) is 4.98 Å². The summed E-state index contributed by atoms with van der Waals surface area (Å²) in [5.41, 5.74) is 4.66. The molecule has 0 aliphatic carbocycles. The molecule has 0 saturated heterocycles. The van der Waals surface area contributed by atoms with Gasteiger partial charge in [0.05, 0.1) is 5.69 Å². The van der Waals surface area contributed by atoms with Crippen LogP contribution < -0.4 is 0 Å². The van der Waals surface area contributed by atoms with E-state index in [1.54, 1.807) is 0 Å². The SMILES string of the molecule is Cc1cccc2c(-c3nccc4ccccc34)c[nH]c12. The molecule has 96 valence electrons. The molecule has 0 aliphatic rings. The first kappa shape index (κ1) is 11.2. The number of benzene rings is 2. The fraction of sp³-hybridized carbons (Fsp3) is 0.0556. The number of rotatable bonds is 1. The van der Waals surface area contributed by atoms with Crippen LogP contribution >= 0.6 is 0 Å². The molecule has 0 aliphatic heterocycles. The standard InChI is InChI=1S/C18H14N2/c1-12-5-4-8-15-16(11-20-17(12)15)18-14-7-3-2-6-13(14)9-10-19-18/h2-11,20H,1H3. The molecule has 20 heavy (non-hydrogen) atoms. The average Bonchev–Trinajstić information content (AvgIpc) is 2.92. The van der Waals surface area contributed by atoms with Gasteiger partial charge in [0.15, 0.2) is 0 Å². The maximum absolute atomic E-state index is 4.61. The molecule has 2 aromatic heterocycles. The van der Waals surface area contributed by atoms with Crippen molar-refractivity contribution >= 4 is 21.7 Å².